The molecule has 0 fully saturated rings. The van der Waals surface area contributed by atoms with Gasteiger partial charge in [-0.2, -0.15) is 4.73 Å². The number of sulfonamides is 1. The van der Waals surface area contributed by atoms with E-state index >= 15 is 0 Å². The molecule has 0 bridgehead atoms. The highest BCUT2D eigenvalue weighted by molar-refractivity contribution is 7.89. The number of rotatable bonds is 1. The maximum atomic E-state index is 11.2. The van der Waals surface area contributed by atoms with Crippen LogP contribution < -0.4 is 5.14 Å². The van der Waals surface area contributed by atoms with Gasteiger partial charge in [-0.25, -0.2) is 13.6 Å². The van der Waals surface area contributed by atoms with Crippen LogP contribution in [0, 0.1) is 0 Å². The zero-order valence-corrected chi connectivity index (χ0v) is 8.42. The Morgan fingerprint density at radius 1 is 1.36 bits per heavy atom. The summed E-state index contributed by atoms with van der Waals surface area (Å²) in [6.07, 6.45) is 4.49. The third-order valence-corrected chi connectivity index (χ3v) is 3.52. The summed E-state index contributed by atoms with van der Waals surface area (Å²) >= 11 is 0. The summed E-state index contributed by atoms with van der Waals surface area (Å²) in [7, 11) is -3.70. The van der Waals surface area contributed by atoms with Crippen LogP contribution in [0.3, 0.4) is 0 Å². The predicted molar refractivity (Wildman–Crippen MR) is 49.6 cm³/mol. The van der Waals surface area contributed by atoms with E-state index in [1.54, 1.807) is 0 Å². The van der Waals surface area contributed by atoms with Crippen molar-refractivity contribution in [2.24, 2.45) is 5.14 Å². The molecule has 0 spiro atoms. The van der Waals surface area contributed by atoms with Crippen LogP contribution in [0.25, 0.3) is 0 Å². The molecule has 5 nitrogen and oxygen atoms in total. The molecule has 0 saturated heterocycles. The maximum absolute atomic E-state index is 11.2. The summed E-state index contributed by atoms with van der Waals surface area (Å²) in [5.41, 5.74) is 1.36. The minimum atomic E-state index is -3.70. The minimum absolute atomic E-state index is 0.0645. The normalized spacial score (nSPS) is 16.6. The quantitative estimate of drug-likeness (QED) is 0.660. The van der Waals surface area contributed by atoms with Gasteiger partial charge in [-0.1, -0.05) is 0 Å². The number of nitrogens with two attached hydrogens (primary N) is 1. The van der Waals surface area contributed by atoms with Crippen LogP contribution in [0.4, 0.5) is 0 Å². The molecule has 0 saturated carbocycles. The van der Waals surface area contributed by atoms with Crippen LogP contribution in [0.5, 0.6) is 0 Å². The summed E-state index contributed by atoms with van der Waals surface area (Å²) in [4.78, 5) is 0.0645. The second-order valence-corrected chi connectivity index (χ2v) is 5.05. The first kappa shape index (κ1) is 9.54. The van der Waals surface area contributed by atoms with E-state index in [4.69, 9.17) is 5.14 Å². The largest absolute Gasteiger partial charge is 0.429 e. The van der Waals surface area contributed by atoms with E-state index in [1.807, 2.05) is 0 Å². The van der Waals surface area contributed by atoms with Crippen molar-refractivity contribution in [3.63, 3.8) is 0 Å². The van der Waals surface area contributed by atoms with Gasteiger partial charge in [0, 0.05) is 0 Å². The lowest BCUT2D eigenvalue weighted by Gasteiger charge is -2.12. The van der Waals surface area contributed by atoms with Gasteiger partial charge in [-0.15, -0.1) is 0 Å². The van der Waals surface area contributed by atoms with Gasteiger partial charge >= 0.3 is 0 Å². The summed E-state index contributed by atoms with van der Waals surface area (Å²) in [6.45, 7) is 0. The fourth-order valence-corrected chi connectivity index (χ4v) is 2.73. The number of hydrogen-bond donors (Lipinski definition) is 2. The molecular weight excluding hydrogens is 204 g/mol. The van der Waals surface area contributed by atoms with Crippen LogP contribution in [-0.4, -0.2) is 18.4 Å². The third-order valence-electron chi connectivity index (χ3n) is 2.56. The van der Waals surface area contributed by atoms with Crippen molar-refractivity contribution in [2.75, 3.05) is 0 Å². The van der Waals surface area contributed by atoms with Gasteiger partial charge in [0.15, 0.2) is 0 Å². The molecule has 2 rings (SSSR count). The van der Waals surface area contributed by atoms with E-state index in [1.165, 1.54) is 6.20 Å². The number of nitrogens with zero attached hydrogens (tertiary/aromatic N) is 1. The summed E-state index contributed by atoms with van der Waals surface area (Å²) in [6, 6.07) is 0. The average molecular weight is 216 g/mol. The Kier molecular flexibility index (Phi) is 2.04. The van der Waals surface area contributed by atoms with E-state index in [9.17, 15) is 13.6 Å². The molecule has 0 unspecified atom stereocenters. The van der Waals surface area contributed by atoms with Crippen LogP contribution in [0.15, 0.2) is 11.1 Å². The predicted octanol–water partition coefficient (Wildman–Crippen LogP) is 0.252. The van der Waals surface area contributed by atoms with Gasteiger partial charge in [0.25, 0.3) is 0 Å². The second kappa shape index (κ2) is 2.99. The lowest BCUT2D eigenvalue weighted by atomic mass is 9.98. The average Bonchev–Trinajstić information content (AvgIpc) is 2.44. The molecule has 0 amide bonds. The van der Waals surface area contributed by atoms with Crippen molar-refractivity contribution in [3.8, 4) is 0 Å². The molecule has 1 aromatic rings. The number of hydrogen-bond acceptors (Lipinski definition) is 3. The monoisotopic (exact) mass is 216 g/mol. The van der Waals surface area contributed by atoms with E-state index < -0.39 is 10.0 Å². The fourth-order valence-electron chi connectivity index (χ4n) is 1.92. The van der Waals surface area contributed by atoms with Gasteiger partial charge in [0.05, 0.1) is 11.9 Å². The molecule has 0 aliphatic heterocycles. The Labute approximate surface area is 82.2 Å². The molecule has 0 radical (unpaired) electrons. The second-order valence-electron chi connectivity index (χ2n) is 3.52. The van der Waals surface area contributed by atoms with E-state index in [-0.39, 0.29) is 4.90 Å². The van der Waals surface area contributed by atoms with Crippen LogP contribution in [0.1, 0.15) is 24.1 Å². The van der Waals surface area contributed by atoms with Crippen molar-refractivity contribution < 1.29 is 13.6 Å². The Balaban J connectivity index is 2.64. The third kappa shape index (κ3) is 1.40. The highest BCUT2D eigenvalue weighted by atomic mass is 32.2. The first-order chi connectivity index (χ1) is 6.50. The number of primary sulfonamides is 1. The summed E-state index contributed by atoms with van der Waals surface area (Å²) in [5.74, 6) is 0. The van der Waals surface area contributed by atoms with Crippen LogP contribution in [-0.2, 0) is 22.9 Å². The lowest BCUT2D eigenvalue weighted by molar-refractivity contribution is 0.175. The molecule has 6 heteroatoms. The fraction of sp³-hybridized carbons (Fsp3) is 0.500. The number of aromatic nitrogens is 1. The first-order valence-electron chi connectivity index (χ1n) is 4.45. The molecular formula is C8H12N2O3S. The molecule has 0 atom stereocenters. The van der Waals surface area contributed by atoms with Gasteiger partial charge < -0.3 is 5.21 Å². The van der Waals surface area contributed by atoms with Crippen molar-refractivity contribution in [1.29, 1.82) is 0 Å². The van der Waals surface area contributed by atoms with Gasteiger partial charge in [-0.3, -0.25) is 0 Å². The van der Waals surface area contributed by atoms with Crippen LogP contribution in [0.2, 0.25) is 0 Å². The van der Waals surface area contributed by atoms with Gasteiger partial charge in [-0.05, 0) is 31.2 Å². The van der Waals surface area contributed by atoms with E-state index in [2.05, 4.69) is 0 Å². The smallest absolute Gasteiger partial charge is 0.239 e. The van der Waals surface area contributed by atoms with Crippen molar-refractivity contribution in [2.45, 2.75) is 30.6 Å². The summed E-state index contributed by atoms with van der Waals surface area (Å²) in [5, 5.41) is 14.5. The Bertz CT molecular complexity index is 461. The molecule has 14 heavy (non-hydrogen) atoms. The minimum Gasteiger partial charge on any atom is -0.429 e. The summed E-state index contributed by atoms with van der Waals surface area (Å²) < 4.78 is 23.2. The van der Waals surface area contributed by atoms with Crippen molar-refractivity contribution >= 4 is 10.0 Å². The molecule has 1 aromatic heterocycles. The van der Waals surface area contributed by atoms with Gasteiger partial charge in [0.2, 0.25) is 10.0 Å². The van der Waals surface area contributed by atoms with Gasteiger partial charge in [0.1, 0.15) is 4.90 Å². The Hall–Kier alpha value is -1.01. The topological polar surface area (TPSA) is 85.3 Å². The first-order valence-corrected chi connectivity index (χ1v) is 6.00. The molecule has 1 aliphatic rings. The molecule has 0 aromatic carbocycles. The zero-order chi connectivity index (χ0) is 10.3. The molecule has 1 heterocycles. The standard InChI is InChI=1S/C8H12N2O3S/c9-14(12,13)8-5-10(11)7-4-2-1-3-6(7)8/h5,11H,1-4H2,(H2,9,12,13). The Morgan fingerprint density at radius 3 is 2.64 bits per heavy atom. The maximum Gasteiger partial charge on any atom is 0.239 e. The molecule has 3 N–H and O–H groups in total. The SMILES string of the molecule is NS(=O)(=O)c1cn(O)c2c1CCCC2. The van der Waals surface area contributed by atoms with E-state index in [0.717, 1.165) is 17.6 Å². The molecule has 1 aliphatic carbocycles. The highest BCUT2D eigenvalue weighted by Crippen LogP contribution is 2.27. The van der Waals surface area contributed by atoms with Crippen molar-refractivity contribution in [3.05, 3.63) is 17.5 Å². The Morgan fingerprint density at radius 2 is 2.00 bits per heavy atom. The van der Waals surface area contributed by atoms with E-state index in [0.29, 0.717) is 24.1 Å². The zero-order valence-electron chi connectivity index (χ0n) is 7.60. The van der Waals surface area contributed by atoms with Crippen molar-refractivity contribution in [1.82, 2.24) is 4.73 Å². The molecule has 78 valence electrons. The highest BCUT2D eigenvalue weighted by Gasteiger charge is 2.24. The lowest BCUT2D eigenvalue weighted by Crippen LogP contribution is -2.14. The number of fused-ring (bicyclic) bond motifs is 1. The van der Waals surface area contributed by atoms with Crippen LogP contribution >= 0.6 is 0 Å².